The smallest absolute Gasteiger partial charge is 0.253 e. The Kier molecular flexibility index (Phi) is 5.11. The molecule has 0 saturated heterocycles. The highest BCUT2D eigenvalue weighted by atomic mass is 32.2. The molecule has 4 rings (SSSR count). The molecule has 1 aliphatic heterocycles. The first-order valence-corrected chi connectivity index (χ1v) is 9.90. The highest BCUT2D eigenvalue weighted by Crippen LogP contribution is 2.24. The van der Waals surface area contributed by atoms with E-state index in [4.69, 9.17) is 4.74 Å². The zero-order chi connectivity index (χ0) is 18.6. The van der Waals surface area contributed by atoms with Gasteiger partial charge in [-0.25, -0.2) is 9.99 Å². The molecule has 0 spiro atoms. The minimum Gasteiger partial charge on any atom is -0.494 e. The number of carbonyl (C=O) groups is 1. The molecule has 2 heterocycles. The Bertz CT molecular complexity index is 984. The van der Waals surface area contributed by atoms with Crippen molar-refractivity contribution in [2.75, 3.05) is 18.9 Å². The second-order valence-electron chi connectivity index (χ2n) is 6.12. The van der Waals surface area contributed by atoms with Crippen molar-refractivity contribution in [2.45, 2.75) is 18.5 Å². The number of nitrogens with one attached hydrogen (secondary N) is 1. The van der Waals surface area contributed by atoms with Gasteiger partial charge in [-0.15, -0.1) is 0 Å². The molecule has 0 fully saturated rings. The maximum atomic E-state index is 12.5. The van der Waals surface area contributed by atoms with Crippen LogP contribution in [0, 0.1) is 0 Å². The van der Waals surface area contributed by atoms with Gasteiger partial charge in [-0.3, -0.25) is 4.79 Å². The van der Waals surface area contributed by atoms with Crippen LogP contribution in [0.1, 0.15) is 18.9 Å². The molecular formula is C20H20N4O2S. The van der Waals surface area contributed by atoms with Crippen molar-refractivity contribution in [1.29, 1.82) is 0 Å². The predicted molar refractivity (Wildman–Crippen MR) is 107 cm³/mol. The van der Waals surface area contributed by atoms with Crippen molar-refractivity contribution >= 4 is 34.4 Å². The fraction of sp³-hybridized carbons (Fsp3) is 0.250. The second kappa shape index (κ2) is 7.84. The number of aromatic nitrogens is 2. The molecule has 1 N–H and O–H groups in total. The zero-order valence-electron chi connectivity index (χ0n) is 15.0. The normalized spacial score (nSPS) is 13.8. The largest absolute Gasteiger partial charge is 0.494 e. The number of fused-ring (bicyclic) bond motifs is 1. The maximum absolute atomic E-state index is 12.5. The van der Waals surface area contributed by atoms with Crippen LogP contribution in [0.3, 0.4) is 0 Å². The standard InChI is InChI=1S/C20H20N4O2S/c1-2-26-15-8-9-17-18(12-15)22-20(21-17)27-13-19(25)24-11-10-16(23-24)14-6-4-3-5-7-14/h3-9,12H,2,10-11,13H2,1H3,(H,21,22). The summed E-state index contributed by atoms with van der Waals surface area (Å²) in [4.78, 5) is 20.2. The lowest BCUT2D eigenvalue weighted by molar-refractivity contribution is -0.127. The molecule has 0 aliphatic carbocycles. The molecule has 1 aliphatic rings. The monoisotopic (exact) mass is 380 g/mol. The van der Waals surface area contributed by atoms with Gasteiger partial charge >= 0.3 is 0 Å². The number of nitrogens with zero attached hydrogens (tertiary/aromatic N) is 3. The van der Waals surface area contributed by atoms with E-state index in [1.807, 2.05) is 55.5 Å². The van der Waals surface area contributed by atoms with Crippen molar-refractivity contribution in [3.63, 3.8) is 0 Å². The first kappa shape index (κ1) is 17.6. The lowest BCUT2D eigenvalue weighted by Gasteiger charge is -2.10. The summed E-state index contributed by atoms with van der Waals surface area (Å²) in [6.07, 6.45) is 0.783. The van der Waals surface area contributed by atoms with E-state index in [1.165, 1.54) is 11.8 Å². The number of hydrogen-bond donors (Lipinski definition) is 1. The van der Waals surface area contributed by atoms with E-state index in [2.05, 4.69) is 15.1 Å². The van der Waals surface area contributed by atoms with Crippen LogP contribution >= 0.6 is 11.8 Å². The minimum absolute atomic E-state index is 0.0126. The molecule has 27 heavy (non-hydrogen) atoms. The Labute approximate surface area is 161 Å². The summed E-state index contributed by atoms with van der Waals surface area (Å²) in [7, 11) is 0. The zero-order valence-corrected chi connectivity index (χ0v) is 15.8. The number of carbonyl (C=O) groups excluding carboxylic acids is 1. The van der Waals surface area contributed by atoms with Crippen LogP contribution in [0.15, 0.2) is 58.8 Å². The van der Waals surface area contributed by atoms with Crippen LogP contribution in [0.5, 0.6) is 5.75 Å². The van der Waals surface area contributed by atoms with Crippen LogP contribution in [0.2, 0.25) is 0 Å². The van der Waals surface area contributed by atoms with E-state index in [0.29, 0.717) is 18.9 Å². The second-order valence-corrected chi connectivity index (χ2v) is 7.09. The lowest BCUT2D eigenvalue weighted by Crippen LogP contribution is -2.25. The van der Waals surface area contributed by atoms with E-state index in [1.54, 1.807) is 5.01 Å². The molecule has 7 heteroatoms. The summed E-state index contributed by atoms with van der Waals surface area (Å²) in [6, 6.07) is 15.7. The van der Waals surface area contributed by atoms with Gasteiger partial charge in [0.05, 0.1) is 35.6 Å². The molecule has 0 atom stereocenters. The van der Waals surface area contributed by atoms with Gasteiger partial charge in [-0.05, 0) is 24.6 Å². The summed E-state index contributed by atoms with van der Waals surface area (Å²) >= 11 is 1.39. The molecule has 0 bridgehead atoms. The highest BCUT2D eigenvalue weighted by molar-refractivity contribution is 7.99. The Morgan fingerprint density at radius 2 is 2.11 bits per heavy atom. The van der Waals surface area contributed by atoms with Crippen LogP contribution in [-0.2, 0) is 4.79 Å². The Balaban J connectivity index is 1.39. The minimum atomic E-state index is -0.0126. The summed E-state index contributed by atoms with van der Waals surface area (Å²) in [5.74, 6) is 1.09. The van der Waals surface area contributed by atoms with E-state index in [0.717, 1.165) is 39.6 Å². The fourth-order valence-corrected chi connectivity index (χ4v) is 3.72. The van der Waals surface area contributed by atoms with Crippen molar-refractivity contribution in [3.05, 3.63) is 54.1 Å². The van der Waals surface area contributed by atoms with Gasteiger partial charge in [0.15, 0.2) is 5.16 Å². The van der Waals surface area contributed by atoms with Crippen molar-refractivity contribution < 1.29 is 9.53 Å². The fourth-order valence-electron chi connectivity index (χ4n) is 2.97. The van der Waals surface area contributed by atoms with E-state index < -0.39 is 0 Å². The van der Waals surface area contributed by atoms with E-state index in [-0.39, 0.29) is 5.91 Å². The first-order chi connectivity index (χ1) is 13.2. The van der Waals surface area contributed by atoms with Crippen LogP contribution in [-0.4, -0.2) is 45.5 Å². The Morgan fingerprint density at radius 1 is 1.26 bits per heavy atom. The summed E-state index contributed by atoms with van der Waals surface area (Å²) < 4.78 is 5.51. The number of amides is 1. The van der Waals surface area contributed by atoms with E-state index >= 15 is 0 Å². The molecular weight excluding hydrogens is 360 g/mol. The number of thioether (sulfide) groups is 1. The average Bonchev–Trinajstić information content (AvgIpc) is 3.34. The number of rotatable bonds is 6. The number of H-pyrrole nitrogens is 1. The average molecular weight is 380 g/mol. The van der Waals surface area contributed by atoms with Crippen LogP contribution in [0.25, 0.3) is 11.0 Å². The van der Waals surface area contributed by atoms with Crippen LogP contribution < -0.4 is 4.74 Å². The third-order valence-electron chi connectivity index (χ3n) is 4.27. The van der Waals surface area contributed by atoms with Gasteiger partial charge in [0, 0.05) is 12.5 Å². The molecule has 2 aromatic carbocycles. The van der Waals surface area contributed by atoms with Crippen molar-refractivity contribution in [3.8, 4) is 5.75 Å². The maximum Gasteiger partial charge on any atom is 0.253 e. The quantitative estimate of drug-likeness (QED) is 0.662. The van der Waals surface area contributed by atoms with Gasteiger partial charge in [0.1, 0.15) is 5.75 Å². The predicted octanol–water partition coefficient (Wildman–Crippen LogP) is 3.69. The van der Waals surface area contributed by atoms with E-state index in [9.17, 15) is 4.79 Å². The van der Waals surface area contributed by atoms with Gasteiger partial charge in [0.2, 0.25) is 0 Å². The molecule has 0 saturated carbocycles. The van der Waals surface area contributed by atoms with Gasteiger partial charge < -0.3 is 9.72 Å². The molecule has 1 aromatic heterocycles. The first-order valence-electron chi connectivity index (χ1n) is 8.91. The van der Waals surface area contributed by atoms with Crippen molar-refractivity contribution in [1.82, 2.24) is 15.0 Å². The van der Waals surface area contributed by atoms with Crippen LogP contribution in [0.4, 0.5) is 0 Å². The number of benzene rings is 2. The molecule has 138 valence electrons. The third kappa shape index (κ3) is 3.98. The number of hydrogen-bond acceptors (Lipinski definition) is 5. The lowest BCUT2D eigenvalue weighted by atomic mass is 10.1. The topological polar surface area (TPSA) is 70.6 Å². The molecule has 1 amide bonds. The molecule has 3 aromatic rings. The van der Waals surface area contributed by atoms with Gasteiger partial charge in [-0.2, -0.15) is 5.10 Å². The summed E-state index contributed by atoms with van der Waals surface area (Å²) in [5, 5.41) is 6.77. The molecule has 0 radical (unpaired) electrons. The Hall–Kier alpha value is -2.80. The third-order valence-corrected chi connectivity index (χ3v) is 5.13. The SMILES string of the molecule is CCOc1ccc2nc(SCC(=O)N3CCC(c4ccccc4)=N3)[nH]c2c1. The Morgan fingerprint density at radius 3 is 2.93 bits per heavy atom. The molecule has 6 nitrogen and oxygen atoms in total. The number of hydrazone groups is 1. The van der Waals surface area contributed by atoms with Crippen molar-refractivity contribution in [2.24, 2.45) is 5.10 Å². The van der Waals surface area contributed by atoms with Gasteiger partial charge in [-0.1, -0.05) is 42.1 Å². The summed E-state index contributed by atoms with van der Waals surface area (Å²) in [5.41, 5.74) is 3.80. The number of ether oxygens (including phenoxy) is 1. The highest BCUT2D eigenvalue weighted by Gasteiger charge is 2.21. The van der Waals surface area contributed by atoms with Gasteiger partial charge in [0.25, 0.3) is 5.91 Å². The molecule has 0 unspecified atom stereocenters. The number of imidazole rings is 1. The number of aromatic amines is 1. The summed E-state index contributed by atoms with van der Waals surface area (Å²) in [6.45, 7) is 3.20.